The molecule has 1 amide bonds. The molecule has 0 aliphatic carbocycles. The third kappa shape index (κ3) is 5.78. The zero-order chi connectivity index (χ0) is 18.1. The third-order valence-corrected chi connectivity index (χ3v) is 4.06. The van der Waals surface area contributed by atoms with Crippen LogP contribution in [0, 0.1) is 0 Å². The minimum atomic E-state index is 0.0115. The number of nitrogens with zero attached hydrogens (tertiary/aromatic N) is 2. The first-order valence-electron chi connectivity index (χ1n) is 8.71. The van der Waals surface area contributed by atoms with Crippen molar-refractivity contribution in [1.29, 1.82) is 0 Å². The molecule has 0 saturated heterocycles. The Balaban J connectivity index is 1.91. The Labute approximate surface area is 150 Å². The first-order valence-corrected chi connectivity index (χ1v) is 8.71. The SMILES string of the molecule is CCCCN(C)C(=O)c1cncc(NCCc2cccc(OC)c2)c1. The van der Waals surface area contributed by atoms with E-state index in [0.717, 1.165) is 43.8 Å². The topological polar surface area (TPSA) is 54.5 Å². The highest BCUT2D eigenvalue weighted by Gasteiger charge is 2.12. The summed E-state index contributed by atoms with van der Waals surface area (Å²) < 4.78 is 5.24. The van der Waals surface area contributed by atoms with Crippen LogP contribution in [0.3, 0.4) is 0 Å². The summed E-state index contributed by atoms with van der Waals surface area (Å²) in [5.74, 6) is 0.874. The van der Waals surface area contributed by atoms with Gasteiger partial charge in [0.15, 0.2) is 0 Å². The number of nitrogens with one attached hydrogen (secondary N) is 1. The molecular weight excluding hydrogens is 314 g/mol. The first-order chi connectivity index (χ1) is 12.1. The van der Waals surface area contributed by atoms with Crippen LogP contribution in [0.1, 0.15) is 35.7 Å². The van der Waals surface area contributed by atoms with Crippen LogP contribution in [-0.2, 0) is 6.42 Å². The number of pyridine rings is 1. The molecule has 1 heterocycles. The van der Waals surface area contributed by atoms with Gasteiger partial charge in [-0.2, -0.15) is 0 Å². The van der Waals surface area contributed by atoms with E-state index in [2.05, 4.69) is 23.3 Å². The molecule has 0 bridgehead atoms. The van der Waals surface area contributed by atoms with Gasteiger partial charge in [0, 0.05) is 32.5 Å². The average Bonchev–Trinajstić information content (AvgIpc) is 2.66. The van der Waals surface area contributed by atoms with Gasteiger partial charge in [-0.1, -0.05) is 25.5 Å². The summed E-state index contributed by atoms with van der Waals surface area (Å²) in [5, 5.41) is 3.33. The van der Waals surface area contributed by atoms with Crippen molar-refractivity contribution in [3.63, 3.8) is 0 Å². The van der Waals surface area contributed by atoms with Crippen LogP contribution >= 0.6 is 0 Å². The molecule has 1 aromatic carbocycles. The van der Waals surface area contributed by atoms with E-state index in [1.807, 2.05) is 31.3 Å². The number of hydrogen-bond acceptors (Lipinski definition) is 4. The minimum Gasteiger partial charge on any atom is -0.497 e. The zero-order valence-electron chi connectivity index (χ0n) is 15.3. The van der Waals surface area contributed by atoms with Crippen LogP contribution < -0.4 is 10.1 Å². The van der Waals surface area contributed by atoms with Crippen LogP contribution in [0.5, 0.6) is 5.75 Å². The predicted molar refractivity (Wildman–Crippen MR) is 101 cm³/mol. The van der Waals surface area contributed by atoms with Crippen molar-refractivity contribution >= 4 is 11.6 Å². The maximum Gasteiger partial charge on any atom is 0.255 e. The Hall–Kier alpha value is -2.56. The van der Waals surface area contributed by atoms with Gasteiger partial charge in [0.2, 0.25) is 0 Å². The maximum atomic E-state index is 12.4. The number of methoxy groups -OCH3 is 1. The molecule has 134 valence electrons. The maximum absolute atomic E-state index is 12.4. The van der Waals surface area contributed by atoms with E-state index in [1.165, 1.54) is 5.56 Å². The molecule has 5 heteroatoms. The van der Waals surface area contributed by atoms with Gasteiger partial charge in [0.25, 0.3) is 5.91 Å². The van der Waals surface area contributed by atoms with E-state index in [-0.39, 0.29) is 5.91 Å². The lowest BCUT2D eigenvalue weighted by Gasteiger charge is -2.17. The monoisotopic (exact) mass is 341 g/mol. The normalized spacial score (nSPS) is 10.4. The molecule has 0 spiro atoms. The summed E-state index contributed by atoms with van der Waals surface area (Å²) in [6.45, 7) is 3.65. The van der Waals surface area contributed by atoms with E-state index in [1.54, 1.807) is 24.4 Å². The number of hydrogen-bond donors (Lipinski definition) is 1. The van der Waals surface area contributed by atoms with Crippen molar-refractivity contribution < 1.29 is 9.53 Å². The summed E-state index contributed by atoms with van der Waals surface area (Å²) in [5.41, 5.74) is 2.67. The second kappa shape index (κ2) is 9.67. The molecule has 2 rings (SSSR count). The molecule has 0 aliphatic heterocycles. The smallest absolute Gasteiger partial charge is 0.255 e. The number of ether oxygens (including phenoxy) is 1. The number of carbonyl (C=O) groups excluding carboxylic acids is 1. The fraction of sp³-hybridized carbons (Fsp3) is 0.400. The molecule has 0 saturated carbocycles. The van der Waals surface area contributed by atoms with Gasteiger partial charge in [-0.25, -0.2) is 0 Å². The van der Waals surface area contributed by atoms with Crippen LogP contribution in [0.15, 0.2) is 42.7 Å². The molecule has 0 fully saturated rings. The Kier molecular flexibility index (Phi) is 7.26. The lowest BCUT2D eigenvalue weighted by Crippen LogP contribution is -2.27. The Morgan fingerprint density at radius 3 is 2.88 bits per heavy atom. The Bertz CT molecular complexity index is 688. The quantitative estimate of drug-likeness (QED) is 0.757. The highest BCUT2D eigenvalue weighted by molar-refractivity contribution is 5.94. The third-order valence-electron chi connectivity index (χ3n) is 4.06. The van der Waals surface area contributed by atoms with E-state index in [0.29, 0.717) is 5.56 Å². The molecule has 0 atom stereocenters. The molecular formula is C20H27N3O2. The van der Waals surface area contributed by atoms with Gasteiger partial charge in [-0.15, -0.1) is 0 Å². The average molecular weight is 341 g/mol. The number of unbranched alkanes of at least 4 members (excludes halogenated alkanes) is 1. The van der Waals surface area contributed by atoms with Gasteiger partial charge in [-0.3, -0.25) is 9.78 Å². The fourth-order valence-corrected chi connectivity index (χ4v) is 2.55. The molecule has 5 nitrogen and oxygen atoms in total. The molecule has 0 unspecified atom stereocenters. The van der Waals surface area contributed by atoms with E-state index in [4.69, 9.17) is 4.74 Å². The summed E-state index contributed by atoms with van der Waals surface area (Å²) in [6.07, 6.45) is 6.31. The van der Waals surface area contributed by atoms with Crippen molar-refractivity contribution in [2.24, 2.45) is 0 Å². The highest BCUT2D eigenvalue weighted by Crippen LogP contribution is 2.14. The summed E-state index contributed by atoms with van der Waals surface area (Å²) >= 11 is 0. The largest absolute Gasteiger partial charge is 0.497 e. The molecule has 2 aromatic rings. The number of carbonyl (C=O) groups is 1. The van der Waals surface area contributed by atoms with E-state index < -0.39 is 0 Å². The van der Waals surface area contributed by atoms with Crippen LogP contribution in [-0.4, -0.2) is 43.0 Å². The minimum absolute atomic E-state index is 0.0115. The molecule has 0 radical (unpaired) electrons. The molecule has 25 heavy (non-hydrogen) atoms. The number of benzene rings is 1. The van der Waals surface area contributed by atoms with Crippen LogP contribution in [0.2, 0.25) is 0 Å². The van der Waals surface area contributed by atoms with E-state index >= 15 is 0 Å². The highest BCUT2D eigenvalue weighted by atomic mass is 16.5. The number of rotatable bonds is 9. The van der Waals surface area contributed by atoms with Crippen LogP contribution in [0.25, 0.3) is 0 Å². The lowest BCUT2D eigenvalue weighted by molar-refractivity contribution is 0.0793. The van der Waals surface area contributed by atoms with Crippen LogP contribution in [0.4, 0.5) is 5.69 Å². The first kappa shape index (κ1) is 18.8. The summed E-state index contributed by atoms with van der Waals surface area (Å²) in [6, 6.07) is 9.89. The zero-order valence-corrected chi connectivity index (χ0v) is 15.3. The van der Waals surface area contributed by atoms with Crippen molar-refractivity contribution in [3.8, 4) is 5.75 Å². The molecule has 0 aliphatic rings. The van der Waals surface area contributed by atoms with Gasteiger partial charge in [0.05, 0.1) is 18.4 Å². The van der Waals surface area contributed by atoms with Gasteiger partial charge in [-0.05, 0) is 36.6 Å². The molecule has 1 N–H and O–H groups in total. The second-order valence-corrected chi connectivity index (χ2v) is 6.07. The summed E-state index contributed by atoms with van der Waals surface area (Å²) in [7, 11) is 3.50. The standard InChI is InChI=1S/C20H27N3O2/c1-4-5-11-23(2)20(24)17-13-18(15-21-14-17)22-10-9-16-7-6-8-19(12-16)25-3/h6-8,12-15,22H,4-5,9-11H2,1-3H3. The predicted octanol–water partition coefficient (Wildman–Crippen LogP) is 3.62. The number of anilines is 1. The molecule has 1 aromatic heterocycles. The second-order valence-electron chi connectivity index (χ2n) is 6.07. The van der Waals surface area contributed by atoms with Crippen molar-refractivity contribution in [2.45, 2.75) is 26.2 Å². The van der Waals surface area contributed by atoms with E-state index in [9.17, 15) is 4.79 Å². The van der Waals surface area contributed by atoms with Crippen molar-refractivity contribution in [1.82, 2.24) is 9.88 Å². The van der Waals surface area contributed by atoms with Crippen molar-refractivity contribution in [3.05, 3.63) is 53.9 Å². The fourth-order valence-electron chi connectivity index (χ4n) is 2.55. The van der Waals surface area contributed by atoms with Gasteiger partial charge < -0.3 is 15.0 Å². The van der Waals surface area contributed by atoms with Gasteiger partial charge in [0.1, 0.15) is 5.75 Å². The van der Waals surface area contributed by atoms with Gasteiger partial charge >= 0.3 is 0 Å². The number of aromatic nitrogens is 1. The summed E-state index contributed by atoms with van der Waals surface area (Å²) in [4.78, 5) is 18.4. The Morgan fingerprint density at radius 2 is 2.12 bits per heavy atom. The Morgan fingerprint density at radius 1 is 1.28 bits per heavy atom. The number of amides is 1. The lowest BCUT2D eigenvalue weighted by atomic mass is 10.1. The van der Waals surface area contributed by atoms with Crippen molar-refractivity contribution in [2.75, 3.05) is 32.6 Å².